The first-order chi connectivity index (χ1) is 6.99. The Bertz CT molecular complexity index is 462. The summed E-state index contributed by atoms with van der Waals surface area (Å²) in [6.45, 7) is 4.92. The van der Waals surface area contributed by atoms with E-state index in [1.54, 1.807) is 0 Å². The topological polar surface area (TPSA) is 49.4 Å². The summed E-state index contributed by atoms with van der Waals surface area (Å²) in [5.41, 5.74) is 2.90. The minimum Gasteiger partial charge on any atom is -0.257 e. The molecule has 4 nitrogen and oxygen atoms in total. The molecule has 0 bridgehead atoms. The van der Waals surface area contributed by atoms with E-state index < -0.39 is 10.2 Å². The maximum absolute atomic E-state index is 11.6. The van der Waals surface area contributed by atoms with Gasteiger partial charge >= 0.3 is 10.2 Å². The lowest BCUT2D eigenvalue weighted by atomic mass is 10.1. The summed E-state index contributed by atoms with van der Waals surface area (Å²) in [6.07, 6.45) is 0. The second-order valence-corrected chi connectivity index (χ2v) is 5.50. The van der Waals surface area contributed by atoms with Crippen molar-refractivity contribution in [2.45, 2.75) is 13.8 Å². The summed E-state index contributed by atoms with van der Waals surface area (Å²) in [7, 11) is -3.29. The van der Waals surface area contributed by atoms with Crippen LogP contribution in [0.15, 0.2) is 18.2 Å². The van der Waals surface area contributed by atoms with Crippen molar-refractivity contribution in [2.75, 3.05) is 17.4 Å². The lowest BCUT2D eigenvalue weighted by Gasteiger charge is -2.16. The first kappa shape index (κ1) is 10.4. The minimum atomic E-state index is -3.29. The van der Waals surface area contributed by atoms with Crippen LogP contribution in [0.3, 0.4) is 0 Å². The number of benzene rings is 1. The molecule has 1 heterocycles. The van der Waals surface area contributed by atoms with Gasteiger partial charge in [-0.2, -0.15) is 13.1 Å². The van der Waals surface area contributed by atoms with Crippen molar-refractivity contribution in [2.24, 2.45) is 0 Å². The van der Waals surface area contributed by atoms with Crippen molar-refractivity contribution in [3.63, 3.8) is 0 Å². The molecule has 0 atom stereocenters. The van der Waals surface area contributed by atoms with E-state index in [-0.39, 0.29) is 0 Å². The van der Waals surface area contributed by atoms with Gasteiger partial charge in [0.25, 0.3) is 0 Å². The smallest absolute Gasteiger partial charge is 0.257 e. The van der Waals surface area contributed by atoms with Crippen LogP contribution in [0.1, 0.15) is 11.1 Å². The number of aryl methyl sites for hydroxylation is 2. The first-order valence-electron chi connectivity index (χ1n) is 4.85. The van der Waals surface area contributed by atoms with Crippen molar-refractivity contribution in [1.82, 2.24) is 4.72 Å². The van der Waals surface area contributed by atoms with Gasteiger partial charge in [0, 0.05) is 13.1 Å². The first-order valence-corrected chi connectivity index (χ1v) is 6.29. The molecule has 1 aliphatic heterocycles. The van der Waals surface area contributed by atoms with Crippen LogP contribution >= 0.6 is 0 Å². The third kappa shape index (κ3) is 1.98. The standard InChI is InChI=1S/C10H14N2O2S/c1-8-5-9(2)7-10(6-8)12-4-3-11-15(12,13)14/h5-7,11H,3-4H2,1-2H3. The van der Waals surface area contributed by atoms with Gasteiger partial charge in [-0.25, -0.2) is 0 Å². The predicted octanol–water partition coefficient (Wildman–Crippen LogP) is 0.958. The lowest BCUT2D eigenvalue weighted by Crippen LogP contribution is -2.29. The maximum Gasteiger partial charge on any atom is 0.301 e. The molecule has 1 saturated heterocycles. The molecule has 0 aliphatic carbocycles. The Hall–Kier alpha value is -1.07. The molecule has 0 spiro atoms. The molecule has 0 radical (unpaired) electrons. The molecule has 5 heteroatoms. The van der Waals surface area contributed by atoms with Crippen LogP contribution in [0.25, 0.3) is 0 Å². The van der Waals surface area contributed by atoms with Gasteiger partial charge in [-0.1, -0.05) is 6.07 Å². The fourth-order valence-corrected chi connectivity index (χ4v) is 3.06. The molecule has 82 valence electrons. The Morgan fingerprint density at radius 3 is 2.27 bits per heavy atom. The number of rotatable bonds is 1. The molecule has 1 aliphatic rings. The Labute approximate surface area is 90.1 Å². The molecular weight excluding hydrogens is 212 g/mol. The fourth-order valence-electron chi connectivity index (χ4n) is 1.84. The Morgan fingerprint density at radius 1 is 1.20 bits per heavy atom. The van der Waals surface area contributed by atoms with E-state index in [0.29, 0.717) is 13.1 Å². The van der Waals surface area contributed by atoms with Gasteiger partial charge in [-0.15, -0.1) is 0 Å². The third-order valence-electron chi connectivity index (χ3n) is 2.38. The molecule has 0 aromatic heterocycles. The van der Waals surface area contributed by atoms with E-state index in [9.17, 15) is 8.42 Å². The quantitative estimate of drug-likeness (QED) is 0.775. The zero-order valence-corrected chi connectivity index (χ0v) is 9.63. The second kappa shape index (κ2) is 3.50. The molecular formula is C10H14N2O2S. The van der Waals surface area contributed by atoms with Crippen LogP contribution < -0.4 is 9.03 Å². The highest BCUT2D eigenvalue weighted by atomic mass is 32.2. The Kier molecular flexibility index (Phi) is 2.44. The zero-order valence-electron chi connectivity index (χ0n) is 8.82. The highest BCUT2D eigenvalue weighted by Crippen LogP contribution is 2.22. The molecule has 1 aromatic rings. The van der Waals surface area contributed by atoms with Crippen molar-refractivity contribution in [1.29, 1.82) is 0 Å². The van der Waals surface area contributed by atoms with Gasteiger partial charge < -0.3 is 0 Å². The highest BCUT2D eigenvalue weighted by molar-refractivity contribution is 7.91. The summed E-state index contributed by atoms with van der Waals surface area (Å²) in [4.78, 5) is 0. The molecule has 15 heavy (non-hydrogen) atoms. The van der Waals surface area contributed by atoms with Gasteiger partial charge in [0.2, 0.25) is 0 Å². The van der Waals surface area contributed by atoms with E-state index >= 15 is 0 Å². The normalized spacial score (nSPS) is 19.5. The van der Waals surface area contributed by atoms with Crippen LogP contribution in [-0.4, -0.2) is 21.5 Å². The third-order valence-corrected chi connectivity index (χ3v) is 3.93. The molecule has 0 unspecified atom stereocenters. The summed E-state index contributed by atoms with van der Waals surface area (Å²) in [5.74, 6) is 0. The largest absolute Gasteiger partial charge is 0.301 e. The lowest BCUT2D eigenvalue weighted by molar-refractivity contribution is 0.591. The van der Waals surface area contributed by atoms with Crippen LogP contribution in [0.5, 0.6) is 0 Å². The average molecular weight is 226 g/mol. The number of hydrogen-bond donors (Lipinski definition) is 1. The van der Waals surface area contributed by atoms with E-state index in [1.165, 1.54) is 4.31 Å². The zero-order chi connectivity index (χ0) is 11.1. The summed E-state index contributed by atoms with van der Waals surface area (Å²) >= 11 is 0. The summed E-state index contributed by atoms with van der Waals surface area (Å²) < 4.78 is 27.1. The van der Waals surface area contributed by atoms with Crippen LogP contribution in [0.4, 0.5) is 5.69 Å². The van der Waals surface area contributed by atoms with Crippen LogP contribution in [-0.2, 0) is 10.2 Å². The van der Waals surface area contributed by atoms with E-state index in [1.807, 2.05) is 32.0 Å². The molecule has 0 saturated carbocycles. The van der Waals surface area contributed by atoms with Crippen LogP contribution in [0, 0.1) is 13.8 Å². The molecule has 0 amide bonds. The number of hydrogen-bond acceptors (Lipinski definition) is 2. The second-order valence-electron chi connectivity index (χ2n) is 3.82. The van der Waals surface area contributed by atoms with Gasteiger partial charge in [0.05, 0.1) is 5.69 Å². The molecule has 1 N–H and O–H groups in total. The minimum absolute atomic E-state index is 0.481. The highest BCUT2D eigenvalue weighted by Gasteiger charge is 2.27. The van der Waals surface area contributed by atoms with Gasteiger partial charge in [-0.3, -0.25) is 4.31 Å². The number of nitrogens with zero attached hydrogens (tertiary/aromatic N) is 1. The SMILES string of the molecule is Cc1cc(C)cc(N2CCNS2(=O)=O)c1. The Balaban J connectivity index is 2.46. The number of anilines is 1. The maximum atomic E-state index is 11.6. The molecule has 1 fully saturated rings. The van der Waals surface area contributed by atoms with E-state index in [2.05, 4.69) is 4.72 Å². The van der Waals surface area contributed by atoms with Crippen molar-refractivity contribution in [3.8, 4) is 0 Å². The van der Waals surface area contributed by atoms with Gasteiger partial charge in [-0.05, 0) is 37.1 Å². The van der Waals surface area contributed by atoms with Gasteiger partial charge in [0.1, 0.15) is 0 Å². The van der Waals surface area contributed by atoms with Crippen molar-refractivity contribution < 1.29 is 8.42 Å². The molecule has 2 rings (SSSR count). The average Bonchev–Trinajstić information content (AvgIpc) is 2.43. The summed E-state index contributed by atoms with van der Waals surface area (Å²) in [5, 5.41) is 0. The van der Waals surface area contributed by atoms with Crippen LogP contribution in [0.2, 0.25) is 0 Å². The van der Waals surface area contributed by atoms with Crippen molar-refractivity contribution in [3.05, 3.63) is 29.3 Å². The monoisotopic (exact) mass is 226 g/mol. The van der Waals surface area contributed by atoms with E-state index in [0.717, 1.165) is 16.8 Å². The summed E-state index contributed by atoms with van der Waals surface area (Å²) in [6, 6.07) is 5.80. The molecule has 1 aromatic carbocycles. The number of nitrogens with one attached hydrogen (secondary N) is 1. The predicted molar refractivity (Wildman–Crippen MR) is 60.2 cm³/mol. The van der Waals surface area contributed by atoms with Crippen molar-refractivity contribution >= 4 is 15.9 Å². The van der Waals surface area contributed by atoms with E-state index in [4.69, 9.17) is 0 Å². The van der Waals surface area contributed by atoms with Gasteiger partial charge in [0.15, 0.2) is 0 Å². The fraction of sp³-hybridized carbons (Fsp3) is 0.400. The Morgan fingerprint density at radius 2 is 1.80 bits per heavy atom.